The number of carboxylic acid groups (broad SMARTS) is 1. The first kappa shape index (κ1) is 18.7. The number of likely N-dealkylation sites (tertiary alicyclic amines) is 1. The molecule has 29 heavy (non-hydrogen) atoms. The summed E-state index contributed by atoms with van der Waals surface area (Å²) in [5.41, 5.74) is 5.29. The molecule has 0 spiro atoms. The third-order valence-electron chi connectivity index (χ3n) is 6.90. The molecule has 4 heteroatoms. The first-order valence-electron chi connectivity index (χ1n) is 11.0. The van der Waals surface area contributed by atoms with Gasteiger partial charge in [0.1, 0.15) is 11.9 Å². The maximum Gasteiger partial charge on any atom is 0.309 e. The molecule has 0 aromatic heterocycles. The van der Waals surface area contributed by atoms with Crippen LogP contribution in [0.2, 0.25) is 0 Å². The first-order valence-corrected chi connectivity index (χ1v) is 11.0. The predicted octanol–water partition coefficient (Wildman–Crippen LogP) is 4.93. The van der Waals surface area contributed by atoms with E-state index >= 15 is 0 Å². The minimum atomic E-state index is -0.679. The van der Waals surface area contributed by atoms with Gasteiger partial charge in [-0.05, 0) is 47.1 Å². The number of ether oxygens (including phenoxy) is 1. The third-order valence-corrected chi connectivity index (χ3v) is 6.90. The Morgan fingerprint density at radius 2 is 1.72 bits per heavy atom. The number of carbonyl (C=O) groups is 1. The van der Waals surface area contributed by atoms with Crippen molar-refractivity contribution in [3.63, 3.8) is 0 Å². The Labute approximate surface area is 172 Å². The molecule has 1 saturated carbocycles. The number of hydrogen-bond acceptors (Lipinski definition) is 3. The van der Waals surface area contributed by atoms with Gasteiger partial charge in [-0.15, -0.1) is 0 Å². The number of aliphatic carboxylic acids is 1. The summed E-state index contributed by atoms with van der Waals surface area (Å²) in [5, 5.41) is 9.00. The summed E-state index contributed by atoms with van der Waals surface area (Å²) in [6, 6.07) is 15.5. The Balaban J connectivity index is 1.21. The Morgan fingerprint density at radius 3 is 2.45 bits per heavy atom. The molecule has 0 bridgehead atoms. The molecule has 1 atom stereocenters. The van der Waals surface area contributed by atoms with Crippen LogP contribution in [0.4, 0.5) is 0 Å². The minimum Gasteiger partial charge on any atom is -0.485 e. The average Bonchev–Trinajstić information content (AvgIpc) is 3.14. The van der Waals surface area contributed by atoms with Crippen molar-refractivity contribution in [3.8, 4) is 5.75 Å². The average molecular weight is 392 g/mol. The molecule has 0 amide bonds. The summed E-state index contributed by atoms with van der Waals surface area (Å²) in [7, 11) is 0. The zero-order valence-corrected chi connectivity index (χ0v) is 16.8. The molecular formula is C25H29NO3. The van der Waals surface area contributed by atoms with Gasteiger partial charge in [0.15, 0.2) is 0 Å². The standard InChI is InChI=1S/C25H29NO3/c27-25(28)22-15-26(16-22)14-17-6-8-19(9-7-17)24-13-21-12-20(10-11-23(21)29-24)18-4-2-1-3-5-18/h6-12,18,22,24H,1-5,13-16H2,(H,27,28). The summed E-state index contributed by atoms with van der Waals surface area (Å²) in [6.07, 6.45) is 7.82. The van der Waals surface area contributed by atoms with Crippen LogP contribution in [0.15, 0.2) is 42.5 Å². The van der Waals surface area contributed by atoms with Crippen LogP contribution in [0.1, 0.15) is 66.4 Å². The number of nitrogens with zero attached hydrogens (tertiary/aromatic N) is 1. The van der Waals surface area contributed by atoms with Crippen molar-refractivity contribution in [2.24, 2.45) is 5.92 Å². The van der Waals surface area contributed by atoms with E-state index in [-0.39, 0.29) is 12.0 Å². The molecule has 4 nitrogen and oxygen atoms in total. The van der Waals surface area contributed by atoms with Gasteiger partial charge in [-0.2, -0.15) is 0 Å². The summed E-state index contributed by atoms with van der Waals surface area (Å²) in [4.78, 5) is 13.1. The normalized spacial score (nSPS) is 22.7. The molecule has 1 N–H and O–H groups in total. The molecule has 2 aliphatic heterocycles. The van der Waals surface area contributed by atoms with E-state index in [0.717, 1.165) is 24.6 Å². The SMILES string of the molecule is O=C(O)C1CN(Cc2ccc(C3Cc4cc(C5CCCCC5)ccc4O3)cc2)C1. The summed E-state index contributed by atoms with van der Waals surface area (Å²) >= 11 is 0. The van der Waals surface area contributed by atoms with Crippen LogP contribution in [0.5, 0.6) is 5.75 Å². The van der Waals surface area contributed by atoms with Crippen molar-refractivity contribution in [1.29, 1.82) is 0 Å². The van der Waals surface area contributed by atoms with Crippen LogP contribution >= 0.6 is 0 Å². The first-order chi connectivity index (χ1) is 14.2. The summed E-state index contributed by atoms with van der Waals surface area (Å²) in [5.74, 6) is 0.896. The Morgan fingerprint density at radius 1 is 1.00 bits per heavy atom. The van der Waals surface area contributed by atoms with Gasteiger partial charge in [-0.3, -0.25) is 9.69 Å². The van der Waals surface area contributed by atoms with E-state index in [1.165, 1.54) is 54.4 Å². The second kappa shape index (κ2) is 7.83. The number of hydrogen-bond donors (Lipinski definition) is 1. The second-order valence-electron chi connectivity index (χ2n) is 8.98. The second-order valence-corrected chi connectivity index (χ2v) is 8.98. The highest BCUT2D eigenvalue weighted by Crippen LogP contribution is 2.40. The Bertz CT molecular complexity index is 879. The van der Waals surface area contributed by atoms with Crippen LogP contribution in [0.25, 0.3) is 0 Å². The highest BCUT2D eigenvalue weighted by molar-refractivity contribution is 5.71. The minimum absolute atomic E-state index is 0.0982. The molecule has 3 aliphatic rings. The topological polar surface area (TPSA) is 49.8 Å². The zero-order chi connectivity index (χ0) is 19.8. The fourth-order valence-electron chi connectivity index (χ4n) is 5.10. The van der Waals surface area contributed by atoms with Gasteiger partial charge in [-0.25, -0.2) is 0 Å². The lowest BCUT2D eigenvalue weighted by atomic mass is 9.83. The van der Waals surface area contributed by atoms with Gasteiger partial charge >= 0.3 is 5.97 Å². The van der Waals surface area contributed by atoms with Gasteiger partial charge in [0, 0.05) is 26.1 Å². The maximum absolute atomic E-state index is 10.9. The number of benzene rings is 2. The van der Waals surface area contributed by atoms with Crippen LogP contribution in [0, 0.1) is 5.92 Å². The van der Waals surface area contributed by atoms with E-state index in [9.17, 15) is 4.79 Å². The molecule has 2 aromatic rings. The van der Waals surface area contributed by atoms with Crippen molar-refractivity contribution in [2.45, 2.75) is 57.1 Å². The van der Waals surface area contributed by atoms with Crippen LogP contribution in [0.3, 0.4) is 0 Å². The van der Waals surface area contributed by atoms with Crippen LogP contribution < -0.4 is 4.74 Å². The molecule has 5 rings (SSSR count). The molecular weight excluding hydrogens is 362 g/mol. The van der Waals surface area contributed by atoms with E-state index in [4.69, 9.17) is 9.84 Å². The van der Waals surface area contributed by atoms with Gasteiger partial charge in [0.25, 0.3) is 0 Å². The Hall–Kier alpha value is -2.33. The van der Waals surface area contributed by atoms with Crippen molar-refractivity contribution in [2.75, 3.05) is 13.1 Å². The predicted molar refractivity (Wildman–Crippen MR) is 112 cm³/mol. The van der Waals surface area contributed by atoms with Gasteiger partial charge in [-0.1, -0.05) is 55.7 Å². The molecule has 1 unspecified atom stereocenters. The molecule has 0 radical (unpaired) electrons. The Kier molecular flexibility index (Phi) is 5.04. The summed E-state index contributed by atoms with van der Waals surface area (Å²) in [6.45, 7) is 2.13. The van der Waals surface area contributed by atoms with E-state index in [1.54, 1.807) is 0 Å². The largest absolute Gasteiger partial charge is 0.485 e. The smallest absolute Gasteiger partial charge is 0.309 e. The molecule has 1 saturated heterocycles. The van der Waals surface area contributed by atoms with Gasteiger partial charge in [0.05, 0.1) is 5.92 Å². The van der Waals surface area contributed by atoms with Gasteiger partial charge < -0.3 is 9.84 Å². The molecule has 2 aromatic carbocycles. The van der Waals surface area contributed by atoms with E-state index in [0.29, 0.717) is 13.1 Å². The molecule has 1 aliphatic carbocycles. The van der Waals surface area contributed by atoms with Crippen molar-refractivity contribution >= 4 is 5.97 Å². The van der Waals surface area contributed by atoms with Crippen molar-refractivity contribution in [3.05, 3.63) is 64.7 Å². The number of rotatable bonds is 5. The van der Waals surface area contributed by atoms with Gasteiger partial charge in [0.2, 0.25) is 0 Å². The van der Waals surface area contributed by atoms with Crippen molar-refractivity contribution < 1.29 is 14.6 Å². The highest BCUT2D eigenvalue weighted by atomic mass is 16.5. The van der Waals surface area contributed by atoms with E-state index in [1.807, 2.05) is 0 Å². The molecule has 152 valence electrons. The lowest BCUT2D eigenvalue weighted by molar-refractivity contribution is -0.147. The molecule has 2 fully saturated rings. The fraction of sp³-hybridized carbons (Fsp3) is 0.480. The van der Waals surface area contributed by atoms with E-state index < -0.39 is 5.97 Å². The van der Waals surface area contributed by atoms with Crippen molar-refractivity contribution in [1.82, 2.24) is 4.90 Å². The van der Waals surface area contributed by atoms with Crippen LogP contribution in [-0.2, 0) is 17.8 Å². The van der Waals surface area contributed by atoms with Crippen LogP contribution in [-0.4, -0.2) is 29.1 Å². The number of carboxylic acids is 1. The zero-order valence-electron chi connectivity index (χ0n) is 16.8. The fourth-order valence-corrected chi connectivity index (χ4v) is 5.10. The lowest BCUT2D eigenvalue weighted by Crippen LogP contribution is -2.49. The maximum atomic E-state index is 10.9. The monoisotopic (exact) mass is 391 g/mol. The van der Waals surface area contributed by atoms with E-state index in [2.05, 4.69) is 47.4 Å². The molecule has 2 heterocycles. The third kappa shape index (κ3) is 3.91. The summed E-state index contributed by atoms with van der Waals surface area (Å²) < 4.78 is 6.25. The highest BCUT2D eigenvalue weighted by Gasteiger charge is 2.32. The quantitative estimate of drug-likeness (QED) is 0.785. The number of fused-ring (bicyclic) bond motifs is 1. The lowest BCUT2D eigenvalue weighted by Gasteiger charge is -2.36.